The van der Waals surface area contributed by atoms with Gasteiger partial charge in [-0.1, -0.05) is 35.9 Å². The summed E-state index contributed by atoms with van der Waals surface area (Å²) in [5, 5.41) is 13.5. The van der Waals surface area contributed by atoms with Crippen LogP contribution in [0.15, 0.2) is 48.5 Å². The zero-order valence-electron chi connectivity index (χ0n) is 10.3. The molecule has 100 valence electrons. The molecule has 0 unspecified atom stereocenters. The Hall–Kier alpha value is -2.17. The largest absolute Gasteiger partial charge is 0.358 e. The second kappa shape index (κ2) is 4.44. The fraction of sp³-hybridized carbons (Fsp3) is 0.0667. The minimum Gasteiger partial charge on any atom is -0.358 e. The van der Waals surface area contributed by atoms with Crippen LogP contribution < -0.4 is 5.32 Å². The van der Waals surface area contributed by atoms with E-state index in [0.717, 1.165) is 0 Å². The molecule has 4 nitrogen and oxygen atoms in total. The van der Waals surface area contributed by atoms with E-state index in [-0.39, 0.29) is 11.1 Å². The number of fused-ring (bicyclic) bond motifs is 1. The van der Waals surface area contributed by atoms with E-state index in [2.05, 4.69) is 5.32 Å². The number of halogens is 1. The number of Topliss-reactive ketones (excluding diaryl/α,β-unsaturated/α-hetero) is 2. The number of nitrogens with one attached hydrogen (secondary N) is 1. The van der Waals surface area contributed by atoms with Crippen LogP contribution in [0.2, 0.25) is 5.02 Å². The van der Waals surface area contributed by atoms with Crippen molar-refractivity contribution in [2.24, 2.45) is 0 Å². The summed E-state index contributed by atoms with van der Waals surface area (Å²) in [6.07, 6.45) is 0. The number of hydrogen-bond acceptors (Lipinski definition) is 4. The molecule has 3 rings (SSSR count). The van der Waals surface area contributed by atoms with Gasteiger partial charge in [-0.15, -0.1) is 0 Å². The van der Waals surface area contributed by atoms with E-state index in [1.807, 2.05) is 0 Å². The highest BCUT2D eigenvalue weighted by atomic mass is 35.5. The third kappa shape index (κ3) is 1.81. The van der Waals surface area contributed by atoms with Crippen molar-refractivity contribution >= 4 is 28.9 Å². The molecule has 0 bridgehead atoms. The molecular formula is C15H10ClNO3. The van der Waals surface area contributed by atoms with Gasteiger partial charge in [-0.3, -0.25) is 9.59 Å². The summed E-state index contributed by atoms with van der Waals surface area (Å²) in [4.78, 5) is 24.5. The van der Waals surface area contributed by atoms with Crippen LogP contribution in [0.4, 0.5) is 5.69 Å². The van der Waals surface area contributed by atoms with E-state index < -0.39 is 17.3 Å². The summed E-state index contributed by atoms with van der Waals surface area (Å²) in [6, 6.07) is 12.7. The third-order valence-electron chi connectivity index (χ3n) is 3.24. The first-order valence-corrected chi connectivity index (χ1v) is 6.35. The molecule has 0 saturated carbocycles. The van der Waals surface area contributed by atoms with Gasteiger partial charge in [0.2, 0.25) is 11.6 Å². The normalized spacial score (nSPS) is 16.1. The van der Waals surface area contributed by atoms with Crippen LogP contribution in [0.25, 0.3) is 0 Å². The first-order chi connectivity index (χ1) is 9.52. The molecule has 0 fully saturated rings. The molecule has 0 saturated heterocycles. The first-order valence-electron chi connectivity index (χ1n) is 5.97. The smallest absolute Gasteiger partial charge is 0.266 e. The van der Waals surface area contributed by atoms with Gasteiger partial charge in [0.25, 0.3) is 5.72 Å². The highest BCUT2D eigenvalue weighted by molar-refractivity contribution is 6.33. The van der Waals surface area contributed by atoms with Gasteiger partial charge in [-0.2, -0.15) is 0 Å². The lowest BCUT2D eigenvalue weighted by Crippen LogP contribution is -2.48. The van der Waals surface area contributed by atoms with Crippen LogP contribution in [0.3, 0.4) is 0 Å². The Morgan fingerprint density at radius 3 is 1.90 bits per heavy atom. The number of carbonyl (C=O) groups excluding carboxylic acids is 2. The molecule has 20 heavy (non-hydrogen) atoms. The highest BCUT2D eigenvalue weighted by Crippen LogP contribution is 2.31. The average molecular weight is 288 g/mol. The number of ketones is 2. The molecule has 0 atom stereocenters. The Kier molecular flexibility index (Phi) is 2.85. The summed E-state index contributed by atoms with van der Waals surface area (Å²) < 4.78 is 0. The maximum atomic E-state index is 12.2. The summed E-state index contributed by atoms with van der Waals surface area (Å²) in [7, 11) is 0. The Morgan fingerprint density at radius 1 is 0.900 bits per heavy atom. The molecule has 2 aromatic carbocycles. The van der Waals surface area contributed by atoms with Crippen LogP contribution in [-0.2, 0) is 0 Å². The van der Waals surface area contributed by atoms with Gasteiger partial charge in [0.1, 0.15) is 0 Å². The van der Waals surface area contributed by atoms with Gasteiger partial charge in [0.05, 0.1) is 0 Å². The van der Waals surface area contributed by atoms with Crippen molar-refractivity contribution in [1.29, 1.82) is 0 Å². The average Bonchev–Trinajstić information content (AvgIpc) is 2.65. The SMILES string of the molecule is O=C1c2ccccc2C(=O)C1(O)Nc1ccc(Cl)cc1. The highest BCUT2D eigenvalue weighted by Gasteiger charge is 2.52. The Balaban J connectivity index is 2.00. The Labute approximate surface area is 120 Å². The van der Waals surface area contributed by atoms with Crippen molar-refractivity contribution in [3.05, 3.63) is 64.7 Å². The topological polar surface area (TPSA) is 66.4 Å². The van der Waals surface area contributed by atoms with Gasteiger partial charge in [-0.25, -0.2) is 0 Å². The van der Waals surface area contributed by atoms with Crippen molar-refractivity contribution < 1.29 is 14.7 Å². The van der Waals surface area contributed by atoms with Gasteiger partial charge in [-0.05, 0) is 24.3 Å². The van der Waals surface area contributed by atoms with E-state index in [1.165, 1.54) is 12.1 Å². The molecule has 1 aliphatic carbocycles. The molecule has 0 aromatic heterocycles. The van der Waals surface area contributed by atoms with Gasteiger partial charge < -0.3 is 10.4 Å². The number of hydrogen-bond donors (Lipinski definition) is 2. The van der Waals surface area contributed by atoms with E-state index >= 15 is 0 Å². The standard InChI is InChI=1S/C15H10ClNO3/c16-9-5-7-10(8-6-9)17-15(20)13(18)11-3-1-2-4-12(11)14(15)19/h1-8,17,20H. The summed E-state index contributed by atoms with van der Waals surface area (Å²) in [6.45, 7) is 0. The van der Waals surface area contributed by atoms with Crippen molar-refractivity contribution in [3.63, 3.8) is 0 Å². The summed E-state index contributed by atoms with van der Waals surface area (Å²) in [5.41, 5.74) is -1.37. The molecule has 0 spiro atoms. The lowest BCUT2D eigenvalue weighted by Gasteiger charge is -2.21. The zero-order chi connectivity index (χ0) is 14.3. The predicted octanol–water partition coefficient (Wildman–Crippen LogP) is 2.52. The van der Waals surface area contributed by atoms with Crippen LogP contribution in [0.5, 0.6) is 0 Å². The maximum Gasteiger partial charge on any atom is 0.266 e. The van der Waals surface area contributed by atoms with Gasteiger partial charge >= 0.3 is 0 Å². The quantitative estimate of drug-likeness (QED) is 0.658. The lowest BCUT2D eigenvalue weighted by atomic mass is 10.1. The fourth-order valence-corrected chi connectivity index (χ4v) is 2.35. The second-order valence-corrected chi connectivity index (χ2v) is 4.98. The summed E-state index contributed by atoms with van der Waals surface area (Å²) >= 11 is 5.77. The van der Waals surface area contributed by atoms with Crippen molar-refractivity contribution in [2.75, 3.05) is 5.32 Å². The lowest BCUT2D eigenvalue weighted by molar-refractivity contribution is 0.0427. The van der Waals surface area contributed by atoms with Crippen molar-refractivity contribution in [3.8, 4) is 0 Å². The van der Waals surface area contributed by atoms with Crippen LogP contribution in [-0.4, -0.2) is 22.4 Å². The second-order valence-electron chi connectivity index (χ2n) is 4.55. The molecule has 2 aromatic rings. The third-order valence-corrected chi connectivity index (χ3v) is 3.49. The minimum absolute atomic E-state index is 0.224. The number of anilines is 1. The fourth-order valence-electron chi connectivity index (χ4n) is 2.23. The van der Waals surface area contributed by atoms with Crippen LogP contribution in [0, 0.1) is 0 Å². The number of aliphatic hydroxyl groups is 1. The van der Waals surface area contributed by atoms with E-state index in [9.17, 15) is 14.7 Å². The number of benzene rings is 2. The van der Waals surface area contributed by atoms with E-state index in [0.29, 0.717) is 10.7 Å². The molecule has 0 amide bonds. The molecule has 0 heterocycles. The summed E-state index contributed by atoms with van der Waals surface area (Å²) in [5.74, 6) is -1.29. The molecular weight excluding hydrogens is 278 g/mol. The molecule has 1 aliphatic rings. The Morgan fingerprint density at radius 2 is 1.40 bits per heavy atom. The maximum absolute atomic E-state index is 12.2. The predicted molar refractivity (Wildman–Crippen MR) is 75.1 cm³/mol. The zero-order valence-corrected chi connectivity index (χ0v) is 11.0. The molecule has 5 heteroatoms. The van der Waals surface area contributed by atoms with Crippen LogP contribution in [0.1, 0.15) is 20.7 Å². The van der Waals surface area contributed by atoms with Crippen LogP contribution >= 0.6 is 11.6 Å². The van der Waals surface area contributed by atoms with E-state index in [4.69, 9.17) is 11.6 Å². The Bertz CT molecular complexity index is 674. The van der Waals surface area contributed by atoms with Gasteiger partial charge in [0, 0.05) is 21.8 Å². The monoisotopic (exact) mass is 287 g/mol. The minimum atomic E-state index is -2.25. The first kappa shape index (κ1) is 12.8. The van der Waals surface area contributed by atoms with Crippen molar-refractivity contribution in [1.82, 2.24) is 0 Å². The number of carbonyl (C=O) groups is 2. The molecule has 0 aliphatic heterocycles. The number of rotatable bonds is 2. The van der Waals surface area contributed by atoms with Gasteiger partial charge in [0.15, 0.2) is 0 Å². The molecule has 2 N–H and O–H groups in total. The molecule has 0 radical (unpaired) electrons. The van der Waals surface area contributed by atoms with Crippen molar-refractivity contribution in [2.45, 2.75) is 5.72 Å². The van der Waals surface area contributed by atoms with E-state index in [1.54, 1.807) is 36.4 Å².